The van der Waals surface area contributed by atoms with Crippen LogP contribution in [0.5, 0.6) is 0 Å². The topological polar surface area (TPSA) is 43.9 Å². The first-order valence-electron chi connectivity index (χ1n) is 14.4. The van der Waals surface area contributed by atoms with Gasteiger partial charge in [-0.1, -0.05) is 82.3 Å². The van der Waals surface area contributed by atoms with Gasteiger partial charge in [-0.3, -0.25) is 9.55 Å². The molecule has 202 valence electrons. The lowest BCUT2D eigenvalue weighted by molar-refractivity contribution is 0.668. The van der Waals surface area contributed by atoms with Crippen molar-refractivity contribution in [3.05, 3.63) is 114 Å². The van der Waals surface area contributed by atoms with Gasteiger partial charge in [0, 0.05) is 17.1 Å². The van der Waals surface area contributed by atoms with Crippen LogP contribution in [-0.4, -0.2) is 14.5 Å². The molecule has 4 heteroatoms. The summed E-state index contributed by atoms with van der Waals surface area (Å²) in [5.74, 6) is 1.48. The molecule has 4 nitrogen and oxygen atoms in total. The van der Waals surface area contributed by atoms with E-state index in [2.05, 4.69) is 118 Å². The van der Waals surface area contributed by atoms with E-state index in [0.717, 1.165) is 50.1 Å². The molecule has 0 amide bonds. The standard InChI is InChI=1S/C37H33N3O/c1-22(2)28-18-26(25-13-7-6-8-14-25)19-29(23(3)4)36(28)40-31-16-10-9-15-30(31)39-37(40)27-20-33-35(38-21-27)34-24(5)12-11-17-32(34)41-33/h6-23H,1-5H3. The molecule has 0 radical (unpaired) electrons. The van der Waals surface area contributed by atoms with E-state index in [0.29, 0.717) is 11.8 Å². The number of aryl methyl sites for hydroxylation is 1. The van der Waals surface area contributed by atoms with Gasteiger partial charge in [0.2, 0.25) is 0 Å². The number of imidazole rings is 1. The molecule has 0 spiro atoms. The Morgan fingerprint density at radius 1 is 0.683 bits per heavy atom. The molecule has 0 saturated carbocycles. The lowest BCUT2D eigenvalue weighted by atomic mass is 9.88. The van der Waals surface area contributed by atoms with Gasteiger partial charge >= 0.3 is 0 Å². The summed E-state index contributed by atoms with van der Waals surface area (Å²) in [5.41, 5.74) is 12.9. The van der Waals surface area contributed by atoms with Gasteiger partial charge in [-0.05, 0) is 83.0 Å². The third-order valence-electron chi connectivity index (χ3n) is 8.11. The predicted molar refractivity (Wildman–Crippen MR) is 170 cm³/mol. The third-order valence-corrected chi connectivity index (χ3v) is 8.11. The van der Waals surface area contributed by atoms with Crippen molar-refractivity contribution in [2.24, 2.45) is 0 Å². The van der Waals surface area contributed by atoms with Gasteiger partial charge in [-0.2, -0.15) is 0 Å². The van der Waals surface area contributed by atoms with Crippen molar-refractivity contribution in [3.8, 4) is 28.2 Å². The summed E-state index contributed by atoms with van der Waals surface area (Å²) in [6, 6.07) is 32.1. The Hall–Kier alpha value is -4.70. The molecular formula is C37H33N3O. The molecule has 0 aliphatic heterocycles. The molecule has 7 rings (SSSR count). The lowest BCUT2D eigenvalue weighted by Crippen LogP contribution is -2.09. The minimum Gasteiger partial charge on any atom is -0.454 e. The quantitative estimate of drug-likeness (QED) is 0.220. The fraction of sp³-hybridized carbons (Fsp3) is 0.189. The zero-order valence-corrected chi connectivity index (χ0v) is 24.1. The Labute approximate surface area is 240 Å². The Bertz CT molecular complexity index is 2030. The largest absolute Gasteiger partial charge is 0.454 e. The number of nitrogens with zero attached hydrogens (tertiary/aromatic N) is 3. The molecule has 0 saturated heterocycles. The molecule has 3 heterocycles. The highest BCUT2D eigenvalue weighted by Gasteiger charge is 2.24. The van der Waals surface area contributed by atoms with Crippen molar-refractivity contribution in [2.45, 2.75) is 46.5 Å². The van der Waals surface area contributed by atoms with Crippen LogP contribution < -0.4 is 0 Å². The summed E-state index contributed by atoms with van der Waals surface area (Å²) in [6.45, 7) is 11.2. The second-order valence-electron chi connectivity index (χ2n) is 11.6. The Kier molecular flexibility index (Phi) is 6.01. The van der Waals surface area contributed by atoms with E-state index in [1.807, 2.05) is 18.3 Å². The van der Waals surface area contributed by atoms with Crippen molar-refractivity contribution in [1.29, 1.82) is 0 Å². The summed E-state index contributed by atoms with van der Waals surface area (Å²) >= 11 is 0. The summed E-state index contributed by atoms with van der Waals surface area (Å²) in [4.78, 5) is 10.1. The monoisotopic (exact) mass is 535 g/mol. The highest BCUT2D eigenvalue weighted by atomic mass is 16.3. The Morgan fingerprint density at radius 2 is 1.39 bits per heavy atom. The van der Waals surface area contributed by atoms with E-state index < -0.39 is 0 Å². The zero-order chi connectivity index (χ0) is 28.2. The van der Waals surface area contributed by atoms with Crippen molar-refractivity contribution in [1.82, 2.24) is 14.5 Å². The maximum atomic E-state index is 6.30. The summed E-state index contributed by atoms with van der Waals surface area (Å²) in [5, 5.41) is 1.07. The molecule has 0 atom stereocenters. The summed E-state index contributed by atoms with van der Waals surface area (Å²) < 4.78 is 8.66. The van der Waals surface area contributed by atoms with E-state index in [4.69, 9.17) is 14.4 Å². The molecule has 0 aliphatic carbocycles. The molecule has 0 unspecified atom stereocenters. The third kappa shape index (κ3) is 4.13. The minimum atomic E-state index is 0.305. The van der Waals surface area contributed by atoms with E-state index in [1.165, 1.54) is 27.9 Å². The Balaban J connectivity index is 1.54. The predicted octanol–water partition coefficient (Wildman–Crippen LogP) is 10.2. The molecule has 0 fully saturated rings. The lowest BCUT2D eigenvalue weighted by Gasteiger charge is -2.24. The van der Waals surface area contributed by atoms with Gasteiger partial charge in [-0.15, -0.1) is 0 Å². The van der Waals surface area contributed by atoms with E-state index in [9.17, 15) is 0 Å². The van der Waals surface area contributed by atoms with Crippen LogP contribution in [0.15, 0.2) is 102 Å². The van der Waals surface area contributed by atoms with Crippen LogP contribution in [0.2, 0.25) is 0 Å². The van der Waals surface area contributed by atoms with Crippen LogP contribution in [0.25, 0.3) is 61.3 Å². The number of rotatable bonds is 5. The number of aromatic nitrogens is 3. The van der Waals surface area contributed by atoms with Crippen LogP contribution in [-0.2, 0) is 0 Å². The van der Waals surface area contributed by atoms with Crippen LogP contribution >= 0.6 is 0 Å². The average molecular weight is 536 g/mol. The van der Waals surface area contributed by atoms with Crippen LogP contribution in [0.1, 0.15) is 56.2 Å². The van der Waals surface area contributed by atoms with Crippen LogP contribution in [0, 0.1) is 6.92 Å². The molecule has 0 aliphatic rings. The molecule has 41 heavy (non-hydrogen) atoms. The summed E-state index contributed by atoms with van der Waals surface area (Å²) in [7, 11) is 0. The summed E-state index contributed by atoms with van der Waals surface area (Å²) in [6.07, 6.45) is 1.95. The number of furan rings is 1. The van der Waals surface area contributed by atoms with Crippen molar-refractivity contribution in [2.75, 3.05) is 0 Å². The number of pyridine rings is 1. The van der Waals surface area contributed by atoms with Crippen molar-refractivity contribution < 1.29 is 4.42 Å². The first-order valence-corrected chi connectivity index (χ1v) is 14.4. The van der Waals surface area contributed by atoms with Gasteiger partial charge < -0.3 is 4.42 Å². The maximum absolute atomic E-state index is 6.30. The number of benzene rings is 4. The fourth-order valence-electron chi connectivity index (χ4n) is 6.04. The first kappa shape index (κ1) is 25.3. The molecular weight excluding hydrogens is 502 g/mol. The van der Waals surface area contributed by atoms with Gasteiger partial charge in [0.15, 0.2) is 5.58 Å². The number of hydrogen-bond acceptors (Lipinski definition) is 3. The minimum absolute atomic E-state index is 0.305. The van der Waals surface area contributed by atoms with Crippen LogP contribution in [0.4, 0.5) is 0 Å². The maximum Gasteiger partial charge on any atom is 0.154 e. The van der Waals surface area contributed by atoms with Gasteiger partial charge in [0.1, 0.15) is 16.9 Å². The van der Waals surface area contributed by atoms with E-state index in [-0.39, 0.29) is 0 Å². The average Bonchev–Trinajstić information content (AvgIpc) is 3.55. The first-order chi connectivity index (χ1) is 19.9. The smallest absolute Gasteiger partial charge is 0.154 e. The number of para-hydroxylation sites is 2. The van der Waals surface area contributed by atoms with Gasteiger partial charge in [0.25, 0.3) is 0 Å². The molecule has 7 aromatic rings. The molecule has 0 bridgehead atoms. The van der Waals surface area contributed by atoms with E-state index >= 15 is 0 Å². The highest BCUT2D eigenvalue weighted by molar-refractivity contribution is 6.05. The SMILES string of the molecule is Cc1cccc2oc3cc(-c4nc5ccccc5n4-c4c(C(C)C)cc(-c5ccccc5)cc4C(C)C)cnc3c12. The van der Waals surface area contributed by atoms with Crippen LogP contribution in [0.3, 0.4) is 0 Å². The second kappa shape index (κ2) is 9.74. The number of fused-ring (bicyclic) bond motifs is 4. The van der Waals surface area contributed by atoms with E-state index in [1.54, 1.807) is 0 Å². The molecule has 4 aromatic carbocycles. The molecule has 3 aromatic heterocycles. The highest BCUT2D eigenvalue weighted by Crippen LogP contribution is 2.40. The second-order valence-corrected chi connectivity index (χ2v) is 11.6. The van der Waals surface area contributed by atoms with Gasteiger partial charge in [0.05, 0.1) is 16.7 Å². The zero-order valence-electron chi connectivity index (χ0n) is 24.1. The fourth-order valence-corrected chi connectivity index (χ4v) is 6.04. The van der Waals surface area contributed by atoms with Crippen molar-refractivity contribution >= 4 is 33.1 Å². The number of hydrogen-bond donors (Lipinski definition) is 0. The van der Waals surface area contributed by atoms with Gasteiger partial charge in [-0.25, -0.2) is 4.98 Å². The normalized spacial score (nSPS) is 12.0. The Morgan fingerprint density at radius 3 is 2.12 bits per heavy atom. The van der Waals surface area contributed by atoms with Crippen molar-refractivity contribution in [3.63, 3.8) is 0 Å². The molecule has 0 N–H and O–H groups in total.